The number of nitrogens with one attached hydrogen (secondary N) is 1. The topological polar surface area (TPSA) is 83.1 Å². The third kappa shape index (κ3) is 4.29. The van der Waals surface area contributed by atoms with Crippen molar-refractivity contribution >= 4 is 11.9 Å². The summed E-state index contributed by atoms with van der Waals surface area (Å²) in [6, 6.07) is 17.0. The Morgan fingerprint density at radius 2 is 1.85 bits per heavy atom. The van der Waals surface area contributed by atoms with Gasteiger partial charge in [0.15, 0.2) is 11.5 Å². The lowest BCUT2D eigenvalue weighted by Crippen LogP contribution is -2.35. The summed E-state index contributed by atoms with van der Waals surface area (Å²) in [6.07, 6.45) is 0.726. The zero-order valence-corrected chi connectivity index (χ0v) is 19.1. The van der Waals surface area contributed by atoms with E-state index in [1.807, 2.05) is 49.4 Å². The molecule has 0 saturated heterocycles. The maximum atomic E-state index is 12.5. The lowest BCUT2D eigenvalue weighted by atomic mass is 9.94. The van der Waals surface area contributed by atoms with E-state index in [9.17, 15) is 9.59 Å². The average Bonchev–Trinajstić information content (AvgIpc) is 3.48. The molecule has 2 heterocycles. The van der Waals surface area contributed by atoms with Crippen LogP contribution in [-0.4, -0.2) is 38.4 Å². The number of rotatable bonds is 6. The number of methoxy groups -OCH3 is 1. The molecule has 0 bridgehead atoms. The Morgan fingerprint density at radius 1 is 1.03 bits per heavy atom. The van der Waals surface area contributed by atoms with Crippen molar-refractivity contribution in [2.24, 2.45) is 0 Å². The van der Waals surface area contributed by atoms with Gasteiger partial charge in [0, 0.05) is 12.0 Å². The SMILES string of the molecule is COC(=O)c1ccccc1-c1cc(C)cc2c1O[C@H](CNC(=O)Cc1ccc3c(c1)OCO3)C2. The summed E-state index contributed by atoms with van der Waals surface area (Å²) in [6.45, 7) is 2.61. The van der Waals surface area contributed by atoms with E-state index in [0.717, 1.165) is 33.6 Å². The van der Waals surface area contributed by atoms with E-state index in [4.69, 9.17) is 18.9 Å². The molecule has 0 spiro atoms. The summed E-state index contributed by atoms with van der Waals surface area (Å²) in [7, 11) is 1.37. The molecule has 7 heteroatoms. The molecule has 2 aliphatic heterocycles. The molecule has 3 aromatic carbocycles. The molecule has 5 rings (SSSR count). The highest BCUT2D eigenvalue weighted by molar-refractivity contribution is 5.98. The maximum Gasteiger partial charge on any atom is 0.338 e. The van der Waals surface area contributed by atoms with Gasteiger partial charge in [-0.3, -0.25) is 4.79 Å². The van der Waals surface area contributed by atoms with E-state index < -0.39 is 5.97 Å². The lowest BCUT2D eigenvalue weighted by molar-refractivity contribution is -0.120. The second-order valence-electron chi connectivity index (χ2n) is 8.45. The van der Waals surface area contributed by atoms with Crippen LogP contribution in [0.5, 0.6) is 17.2 Å². The average molecular weight is 459 g/mol. The Morgan fingerprint density at radius 3 is 2.71 bits per heavy atom. The van der Waals surface area contributed by atoms with E-state index in [0.29, 0.717) is 30.0 Å². The van der Waals surface area contributed by atoms with Gasteiger partial charge in [-0.1, -0.05) is 30.3 Å². The zero-order valence-electron chi connectivity index (χ0n) is 19.1. The fourth-order valence-corrected chi connectivity index (χ4v) is 4.44. The minimum atomic E-state index is -0.392. The highest BCUT2D eigenvalue weighted by atomic mass is 16.7. The second kappa shape index (κ2) is 9.09. The molecule has 3 aromatic rings. The van der Waals surface area contributed by atoms with Crippen LogP contribution in [0.4, 0.5) is 0 Å². The molecule has 0 fully saturated rings. The van der Waals surface area contributed by atoms with Crippen molar-refractivity contribution in [2.45, 2.75) is 25.9 Å². The van der Waals surface area contributed by atoms with E-state index in [1.54, 1.807) is 6.07 Å². The molecular weight excluding hydrogens is 434 g/mol. The number of benzene rings is 3. The molecule has 174 valence electrons. The first-order valence-corrected chi connectivity index (χ1v) is 11.1. The Bertz CT molecular complexity index is 1270. The Labute approximate surface area is 197 Å². The first-order valence-electron chi connectivity index (χ1n) is 11.1. The number of hydrogen-bond acceptors (Lipinski definition) is 6. The van der Waals surface area contributed by atoms with Crippen molar-refractivity contribution in [1.82, 2.24) is 5.32 Å². The fourth-order valence-electron chi connectivity index (χ4n) is 4.44. The van der Waals surface area contributed by atoms with Crippen molar-refractivity contribution in [3.05, 3.63) is 76.9 Å². The Hall–Kier alpha value is -4.00. The molecule has 7 nitrogen and oxygen atoms in total. The molecular formula is C27H25NO6. The number of fused-ring (bicyclic) bond motifs is 2. The van der Waals surface area contributed by atoms with Crippen LogP contribution in [0.25, 0.3) is 11.1 Å². The van der Waals surface area contributed by atoms with Crippen molar-refractivity contribution in [3.8, 4) is 28.4 Å². The Kier molecular flexibility index (Phi) is 5.84. The maximum absolute atomic E-state index is 12.5. The van der Waals surface area contributed by atoms with Crippen molar-refractivity contribution in [3.63, 3.8) is 0 Å². The summed E-state index contributed by atoms with van der Waals surface area (Å²) in [5, 5.41) is 2.98. The monoisotopic (exact) mass is 459 g/mol. The van der Waals surface area contributed by atoms with Gasteiger partial charge in [-0.25, -0.2) is 4.79 Å². The predicted octanol–water partition coefficient (Wildman–Crippen LogP) is 3.84. The summed E-state index contributed by atoms with van der Waals surface area (Å²) in [5.74, 6) is 1.62. The molecule has 0 unspecified atom stereocenters. The molecule has 1 atom stereocenters. The van der Waals surface area contributed by atoms with Crippen LogP contribution in [0.15, 0.2) is 54.6 Å². The number of ether oxygens (including phenoxy) is 4. The zero-order chi connectivity index (χ0) is 23.7. The molecule has 1 N–H and O–H groups in total. The van der Waals surface area contributed by atoms with Crippen LogP contribution in [0.1, 0.15) is 27.0 Å². The largest absolute Gasteiger partial charge is 0.487 e. The number of hydrogen-bond donors (Lipinski definition) is 1. The quantitative estimate of drug-likeness (QED) is 0.564. The lowest BCUT2D eigenvalue weighted by Gasteiger charge is -2.15. The van der Waals surface area contributed by atoms with E-state index in [1.165, 1.54) is 7.11 Å². The van der Waals surface area contributed by atoms with E-state index in [2.05, 4.69) is 11.4 Å². The van der Waals surface area contributed by atoms with Gasteiger partial charge in [0.05, 0.1) is 25.6 Å². The smallest absolute Gasteiger partial charge is 0.338 e. The van der Waals surface area contributed by atoms with Crippen LogP contribution >= 0.6 is 0 Å². The molecule has 1 amide bonds. The van der Waals surface area contributed by atoms with Gasteiger partial charge in [0.25, 0.3) is 0 Å². The molecule has 34 heavy (non-hydrogen) atoms. The van der Waals surface area contributed by atoms with Gasteiger partial charge in [-0.05, 0) is 53.4 Å². The van der Waals surface area contributed by atoms with Crippen molar-refractivity contribution in [1.29, 1.82) is 0 Å². The van der Waals surface area contributed by atoms with Gasteiger partial charge in [-0.2, -0.15) is 0 Å². The van der Waals surface area contributed by atoms with Crippen molar-refractivity contribution < 1.29 is 28.5 Å². The molecule has 2 aliphatic rings. The predicted molar refractivity (Wildman–Crippen MR) is 125 cm³/mol. The van der Waals surface area contributed by atoms with Gasteiger partial charge in [0.2, 0.25) is 12.7 Å². The third-order valence-electron chi connectivity index (χ3n) is 5.99. The molecule has 0 saturated carbocycles. The number of carbonyl (C=O) groups excluding carboxylic acids is 2. The number of esters is 1. The summed E-state index contributed by atoms with van der Waals surface area (Å²) in [4.78, 5) is 24.9. The third-order valence-corrected chi connectivity index (χ3v) is 5.99. The first-order chi connectivity index (χ1) is 16.5. The van der Waals surface area contributed by atoms with Gasteiger partial charge in [0.1, 0.15) is 11.9 Å². The number of aryl methyl sites for hydroxylation is 1. The van der Waals surface area contributed by atoms with Crippen LogP contribution < -0.4 is 19.5 Å². The molecule has 0 aromatic heterocycles. The molecule has 0 aliphatic carbocycles. The van der Waals surface area contributed by atoms with Crippen LogP contribution in [0.3, 0.4) is 0 Å². The summed E-state index contributed by atoms with van der Waals surface area (Å²) in [5.41, 5.74) is 5.10. The van der Waals surface area contributed by atoms with Crippen molar-refractivity contribution in [2.75, 3.05) is 20.4 Å². The molecule has 0 radical (unpaired) electrons. The fraction of sp³-hybridized carbons (Fsp3) is 0.259. The Balaban J connectivity index is 1.28. The van der Waals surface area contributed by atoms with Crippen LogP contribution in [-0.2, 0) is 22.4 Å². The van der Waals surface area contributed by atoms with Gasteiger partial charge in [-0.15, -0.1) is 0 Å². The van der Waals surface area contributed by atoms with Gasteiger partial charge < -0.3 is 24.3 Å². The summed E-state index contributed by atoms with van der Waals surface area (Å²) < 4.78 is 21.9. The standard InChI is InChI=1S/C27H25NO6/c1-16-9-18-13-19(14-28-25(29)12-17-7-8-23-24(11-17)33-15-32-23)34-26(18)22(10-16)20-5-3-4-6-21(20)27(30)31-2/h3-11,19H,12-15H2,1-2H3,(H,28,29)/t19-/m0/s1. The highest BCUT2D eigenvalue weighted by Crippen LogP contribution is 2.41. The normalized spacial score (nSPS) is 15.4. The number of amides is 1. The van der Waals surface area contributed by atoms with Crippen LogP contribution in [0, 0.1) is 6.92 Å². The minimum absolute atomic E-state index is 0.0918. The van der Waals surface area contributed by atoms with Crippen LogP contribution in [0.2, 0.25) is 0 Å². The first kappa shape index (κ1) is 21.8. The minimum Gasteiger partial charge on any atom is -0.487 e. The summed E-state index contributed by atoms with van der Waals surface area (Å²) >= 11 is 0. The van der Waals surface area contributed by atoms with E-state index in [-0.39, 0.29) is 25.2 Å². The van der Waals surface area contributed by atoms with Gasteiger partial charge >= 0.3 is 5.97 Å². The van der Waals surface area contributed by atoms with E-state index >= 15 is 0 Å². The number of carbonyl (C=O) groups is 2. The highest BCUT2D eigenvalue weighted by Gasteiger charge is 2.28. The second-order valence-corrected chi connectivity index (χ2v) is 8.45.